The molecule has 0 spiro atoms. The van der Waals surface area contributed by atoms with Crippen molar-refractivity contribution < 1.29 is 14.3 Å². The van der Waals surface area contributed by atoms with Gasteiger partial charge in [0, 0.05) is 13.6 Å². The van der Waals surface area contributed by atoms with Crippen molar-refractivity contribution in [1.82, 2.24) is 9.99 Å². The summed E-state index contributed by atoms with van der Waals surface area (Å²) in [6.07, 6.45) is 2.69. The maximum absolute atomic E-state index is 14.9. The molecule has 1 aromatic heterocycles. The number of fused-ring (bicyclic) bond motifs is 1. The van der Waals surface area contributed by atoms with Gasteiger partial charge in [0.05, 0.1) is 10.9 Å². The van der Waals surface area contributed by atoms with E-state index in [2.05, 4.69) is 5.32 Å². The van der Waals surface area contributed by atoms with Gasteiger partial charge in [-0.3, -0.25) is 4.79 Å². The summed E-state index contributed by atoms with van der Waals surface area (Å²) in [6, 6.07) is 5.31. The minimum Gasteiger partial charge on any atom is -0.477 e. The summed E-state index contributed by atoms with van der Waals surface area (Å²) >= 11 is 0. The fraction of sp³-hybridized carbons (Fsp3) is 0.444. The second-order valence-electron chi connectivity index (χ2n) is 6.47. The van der Waals surface area contributed by atoms with Gasteiger partial charge in [0.25, 0.3) is 0 Å². The summed E-state index contributed by atoms with van der Waals surface area (Å²) in [7, 11) is 3.53. The first kappa shape index (κ1) is 17.4. The Hall–Kier alpha value is -2.41. The van der Waals surface area contributed by atoms with E-state index in [1.807, 2.05) is 13.1 Å². The van der Waals surface area contributed by atoms with Gasteiger partial charge in [0.15, 0.2) is 5.56 Å². The summed E-state index contributed by atoms with van der Waals surface area (Å²) in [6.45, 7) is 1.27. The largest absolute Gasteiger partial charge is 0.477 e. The third kappa shape index (κ3) is 3.11. The summed E-state index contributed by atoms with van der Waals surface area (Å²) in [5.41, 5.74) is -0.283. The summed E-state index contributed by atoms with van der Waals surface area (Å²) in [5.74, 6) is -2.30. The van der Waals surface area contributed by atoms with Gasteiger partial charge in [-0.2, -0.15) is 4.39 Å². The Kier molecular flexibility index (Phi) is 4.76. The molecule has 0 radical (unpaired) electrons. The van der Waals surface area contributed by atoms with E-state index in [1.54, 1.807) is 24.2 Å². The van der Waals surface area contributed by atoms with E-state index in [4.69, 9.17) is 0 Å². The van der Waals surface area contributed by atoms with Gasteiger partial charge in [-0.1, -0.05) is 12.1 Å². The SMILES string of the molecule is CNCCCN(C)n1c(F)c(C(=O)O)c(=O)c2c(C3CC3)cccc21. The van der Waals surface area contributed by atoms with Crippen LogP contribution in [0.15, 0.2) is 23.0 Å². The number of nitrogens with zero attached hydrogens (tertiary/aromatic N) is 2. The standard InChI is InChI=1S/C18H22FN3O3/c1-20-9-4-10-21(2)22-13-6-3-5-12(11-7-8-11)14(13)16(23)15(17(22)19)18(24)25/h3,5-6,11,20H,4,7-10H2,1-2H3,(H,24,25). The number of nitrogens with one attached hydrogen (secondary N) is 1. The number of carbonyl (C=O) groups is 1. The van der Waals surface area contributed by atoms with E-state index in [-0.39, 0.29) is 5.92 Å². The van der Waals surface area contributed by atoms with Crippen LogP contribution in [0.5, 0.6) is 0 Å². The zero-order valence-electron chi connectivity index (χ0n) is 14.4. The van der Waals surface area contributed by atoms with Gasteiger partial charge in [0.2, 0.25) is 11.4 Å². The topological polar surface area (TPSA) is 74.6 Å². The molecule has 1 fully saturated rings. The molecule has 3 rings (SSSR count). The molecule has 1 saturated carbocycles. The van der Waals surface area contributed by atoms with Gasteiger partial charge >= 0.3 is 5.97 Å². The average molecular weight is 347 g/mol. The molecule has 0 aliphatic heterocycles. The van der Waals surface area contributed by atoms with Crippen molar-refractivity contribution in [3.8, 4) is 0 Å². The van der Waals surface area contributed by atoms with Crippen LogP contribution in [0, 0.1) is 5.95 Å². The van der Waals surface area contributed by atoms with Crippen molar-refractivity contribution in [3.63, 3.8) is 0 Å². The van der Waals surface area contributed by atoms with Crippen LogP contribution in [0.4, 0.5) is 4.39 Å². The zero-order chi connectivity index (χ0) is 18.1. The Labute approximate surface area is 144 Å². The predicted octanol–water partition coefficient (Wildman–Crippen LogP) is 1.89. The van der Waals surface area contributed by atoms with E-state index in [0.29, 0.717) is 17.4 Å². The number of aromatic nitrogens is 1. The highest BCUT2D eigenvalue weighted by Crippen LogP contribution is 2.42. The molecule has 1 aliphatic rings. The number of benzene rings is 1. The molecule has 134 valence electrons. The van der Waals surface area contributed by atoms with E-state index in [0.717, 1.165) is 31.4 Å². The average Bonchev–Trinajstić information content (AvgIpc) is 3.39. The molecule has 0 bridgehead atoms. The van der Waals surface area contributed by atoms with Crippen molar-refractivity contribution >= 4 is 16.9 Å². The van der Waals surface area contributed by atoms with Crippen LogP contribution in [0.2, 0.25) is 0 Å². The number of carboxylic acids is 1. The number of carboxylic acid groups (broad SMARTS) is 1. The Morgan fingerprint density at radius 1 is 1.44 bits per heavy atom. The quantitative estimate of drug-likeness (QED) is 0.591. The highest BCUT2D eigenvalue weighted by Gasteiger charge is 2.30. The van der Waals surface area contributed by atoms with Crippen LogP contribution in [0.25, 0.3) is 10.9 Å². The van der Waals surface area contributed by atoms with Crippen LogP contribution in [0.1, 0.15) is 41.1 Å². The first-order valence-electron chi connectivity index (χ1n) is 8.43. The van der Waals surface area contributed by atoms with Gasteiger partial charge in [0.1, 0.15) is 0 Å². The third-order valence-corrected chi connectivity index (χ3v) is 4.63. The number of pyridine rings is 1. The fourth-order valence-electron chi connectivity index (χ4n) is 3.25. The highest BCUT2D eigenvalue weighted by atomic mass is 19.1. The number of aromatic carboxylic acids is 1. The second kappa shape index (κ2) is 6.84. The van der Waals surface area contributed by atoms with Crippen molar-refractivity contribution in [1.29, 1.82) is 0 Å². The summed E-state index contributed by atoms with van der Waals surface area (Å²) in [5, 5.41) is 14.4. The molecule has 2 N–H and O–H groups in total. The van der Waals surface area contributed by atoms with Crippen LogP contribution in [-0.2, 0) is 0 Å². The van der Waals surface area contributed by atoms with Gasteiger partial charge in [-0.25, -0.2) is 9.47 Å². The van der Waals surface area contributed by atoms with Crippen LogP contribution < -0.4 is 15.8 Å². The molecule has 1 aromatic carbocycles. The van der Waals surface area contributed by atoms with Gasteiger partial charge in [-0.05, 0) is 50.4 Å². The minimum absolute atomic E-state index is 0.256. The third-order valence-electron chi connectivity index (χ3n) is 4.63. The smallest absolute Gasteiger partial charge is 0.344 e. The summed E-state index contributed by atoms with van der Waals surface area (Å²) in [4.78, 5) is 24.3. The molecular formula is C18H22FN3O3. The number of hydrogen-bond donors (Lipinski definition) is 2. The lowest BCUT2D eigenvalue weighted by Gasteiger charge is -2.26. The van der Waals surface area contributed by atoms with E-state index >= 15 is 0 Å². The van der Waals surface area contributed by atoms with E-state index in [1.165, 1.54) is 4.68 Å². The Bertz CT molecular complexity index is 874. The van der Waals surface area contributed by atoms with E-state index in [9.17, 15) is 19.1 Å². The Morgan fingerprint density at radius 3 is 2.76 bits per heavy atom. The first-order valence-corrected chi connectivity index (χ1v) is 8.43. The lowest BCUT2D eigenvalue weighted by Crippen LogP contribution is -2.38. The molecule has 6 nitrogen and oxygen atoms in total. The van der Waals surface area contributed by atoms with Gasteiger partial charge < -0.3 is 15.4 Å². The molecule has 25 heavy (non-hydrogen) atoms. The minimum atomic E-state index is -1.53. The van der Waals surface area contributed by atoms with Crippen LogP contribution >= 0.6 is 0 Å². The molecule has 0 saturated heterocycles. The second-order valence-corrected chi connectivity index (χ2v) is 6.47. The van der Waals surface area contributed by atoms with Crippen molar-refractivity contribution in [2.45, 2.75) is 25.2 Å². The highest BCUT2D eigenvalue weighted by molar-refractivity contribution is 5.94. The normalized spacial score (nSPS) is 14.0. The molecule has 0 unspecified atom stereocenters. The van der Waals surface area contributed by atoms with Crippen molar-refractivity contribution in [2.75, 3.05) is 32.2 Å². The Morgan fingerprint density at radius 2 is 2.16 bits per heavy atom. The van der Waals surface area contributed by atoms with Crippen LogP contribution in [-0.4, -0.2) is 42.9 Å². The monoisotopic (exact) mass is 347 g/mol. The number of hydrogen-bond acceptors (Lipinski definition) is 4. The summed E-state index contributed by atoms with van der Waals surface area (Å²) < 4.78 is 16.2. The maximum atomic E-state index is 14.9. The predicted molar refractivity (Wildman–Crippen MR) is 94.7 cm³/mol. The molecule has 7 heteroatoms. The lowest BCUT2D eigenvalue weighted by molar-refractivity contribution is 0.0688. The molecule has 0 amide bonds. The molecule has 0 atom stereocenters. The fourth-order valence-corrected chi connectivity index (χ4v) is 3.25. The molecular weight excluding hydrogens is 325 g/mol. The van der Waals surface area contributed by atoms with Gasteiger partial charge in [-0.15, -0.1) is 0 Å². The zero-order valence-corrected chi connectivity index (χ0v) is 14.4. The van der Waals surface area contributed by atoms with Crippen molar-refractivity contribution in [2.24, 2.45) is 0 Å². The maximum Gasteiger partial charge on any atom is 0.344 e. The molecule has 2 aromatic rings. The Balaban J connectivity index is 2.25. The van der Waals surface area contributed by atoms with Crippen LogP contribution in [0.3, 0.4) is 0 Å². The first-order chi connectivity index (χ1) is 12.0. The lowest BCUT2D eigenvalue weighted by atomic mass is 10.0. The number of halogens is 1. The number of rotatable bonds is 7. The van der Waals surface area contributed by atoms with E-state index < -0.39 is 22.9 Å². The molecule has 1 aliphatic carbocycles. The van der Waals surface area contributed by atoms with Crippen molar-refractivity contribution in [3.05, 3.63) is 45.5 Å². The molecule has 1 heterocycles.